The summed E-state index contributed by atoms with van der Waals surface area (Å²) in [6, 6.07) is 2.00. The van der Waals surface area contributed by atoms with Crippen LogP contribution in [0, 0.1) is 9.39 Å². The minimum Gasteiger partial charge on any atom is -0.207 e. The van der Waals surface area contributed by atoms with Crippen LogP contribution in [-0.4, -0.2) is 0 Å². The Hall–Kier alpha value is 0.220. The summed E-state index contributed by atoms with van der Waals surface area (Å²) in [5, 5.41) is 0. The fourth-order valence-electron chi connectivity index (χ4n) is 0.735. The molecule has 1 aromatic carbocycles. The van der Waals surface area contributed by atoms with Crippen LogP contribution >= 0.6 is 38.5 Å². The van der Waals surface area contributed by atoms with E-state index in [2.05, 4.69) is 15.9 Å². The van der Waals surface area contributed by atoms with E-state index < -0.39 is 12.2 Å². The Morgan fingerprint density at radius 1 is 1.33 bits per heavy atom. The van der Waals surface area contributed by atoms with E-state index in [-0.39, 0.29) is 5.56 Å². The molecule has 66 valence electrons. The summed E-state index contributed by atoms with van der Waals surface area (Å²) in [4.78, 5) is 0. The minimum absolute atomic E-state index is 0.275. The molecular weight excluding hydrogens is 348 g/mol. The molecule has 1 aromatic rings. The number of halogens is 5. The Balaban J connectivity index is 3.28. The van der Waals surface area contributed by atoms with E-state index >= 15 is 0 Å². The van der Waals surface area contributed by atoms with Gasteiger partial charge in [0.2, 0.25) is 0 Å². The number of alkyl halides is 2. The Morgan fingerprint density at radius 3 is 2.42 bits per heavy atom. The maximum Gasteiger partial charge on any atom is 0.265 e. The number of hydrogen-bond donors (Lipinski definition) is 0. The molecule has 0 heterocycles. The molecule has 0 saturated carbocycles. The van der Waals surface area contributed by atoms with Crippen molar-refractivity contribution in [1.82, 2.24) is 0 Å². The van der Waals surface area contributed by atoms with E-state index in [4.69, 9.17) is 0 Å². The van der Waals surface area contributed by atoms with Crippen molar-refractivity contribution in [2.45, 2.75) is 6.43 Å². The number of hydrogen-bond acceptors (Lipinski definition) is 0. The van der Waals surface area contributed by atoms with Gasteiger partial charge in [0.25, 0.3) is 6.43 Å². The van der Waals surface area contributed by atoms with Crippen molar-refractivity contribution in [1.29, 1.82) is 0 Å². The average molecular weight is 351 g/mol. The predicted molar refractivity (Wildman–Crippen MR) is 51.8 cm³/mol. The first-order valence-electron chi connectivity index (χ1n) is 2.95. The molecule has 0 radical (unpaired) electrons. The summed E-state index contributed by atoms with van der Waals surface area (Å²) in [6.45, 7) is 0. The molecule has 0 amide bonds. The molecular formula is C7H3BrF3I. The van der Waals surface area contributed by atoms with Crippen molar-refractivity contribution in [3.05, 3.63) is 31.6 Å². The van der Waals surface area contributed by atoms with E-state index in [0.29, 0.717) is 8.04 Å². The van der Waals surface area contributed by atoms with Gasteiger partial charge in [0.05, 0.1) is 0 Å². The first-order chi connectivity index (χ1) is 5.52. The lowest BCUT2D eigenvalue weighted by Gasteiger charge is -2.04. The Bertz CT molecular complexity index is 301. The van der Waals surface area contributed by atoms with E-state index in [1.807, 2.05) is 0 Å². The van der Waals surface area contributed by atoms with Crippen LogP contribution in [0.15, 0.2) is 16.6 Å². The lowest BCUT2D eigenvalue weighted by molar-refractivity contribution is 0.150. The summed E-state index contributed by atoms with van der Waals surface area (Å²) in [6.07, 6.45) is -2.64. The third-order valence-corrected chi connectivity index (χ3v) is 3.83. The molecule has 0 aliphatic carbocycles. The molecule has 0 aromatic heterocycles. The van der Waals surface area contributed by atoms with Crippen molar-refractivity contribution >= 4 is 38.5 Å². The Kier molecular flexibility index (Phi) is 3.39. The van der Waals surface area contributed by atoms with Crippen LogP contribution < -0.4 is 0 Å². The van der Waals surface area contributed by atoms with Crippen molar-refractivity contribution in [3.63, 3.8) is 0 Å². The standard InChI is InChI=1S/C7H3BrF3I/c8-5-2-3(9)1-4(6(5)12)7(10)11/h1-2,7H. The smallest absolute Gasteiger partial charge is 0.207 e. The molecule has 5 heteroatoms. The van der Waals surface area contributed by atoms with E-state index in [0.717, 1.165) is 12.1 Å². The molecule has 0 unspecified atom stereocenters. The van der Waals surface area contributed by atoms with E-state index in [9.17, 15) is 13.2 Å². The second kappa shape index (κ2) is 3.95. The first kappa shape index (κ1) is 10.3. The van der Waals surface area contributed by atoms with E-state index in [1.54, 1.807) is 22.6 Å². The van der Waals surface area contributed by atoms with Gasteiger partial charge < -0.3 is 0 Å². The second-order valence-corrected chi connectivity index (χ2v) is 4.02. The molecule has 0 aliphatic heterocycles. The van der Waals surface area contributed by atoms with Crippen LogP contribution in [0.4, 0.5) is 13.2 Å². The van der Waals surface area contributed by atoms with Crippen LogP contribution in [0.5, 0.6) is 0 Å². The third-order valence-electron chi connectivity index (χ3n) is 1.26. The molecule has 0 atom stereocenters. The molecule has 0 fully saturated rings. The topological polar surface area (TPSA) is 0 Å². The summed E-state index contributed by atoms with van der Waals surface area (Å²) >= 11 is 4.73. The minimum atomic E-state index is -2.64. The molecule has 0 nitrogen and oxygen atoms in total. The molecule has 12 heavy (non-hydrogen) atoms. The van der Waals surface area contributed by atoms with Gasteiger partial charge in [-0.15, -0.1) is 0 Å². The second-order valence-electron chi connectivity index (χ2n) is 2.09. The Morgan fingerprint density at radius 2 is 1.92 bits per heavy atom. The van der Waals surface area contributed by atoms with Gasteiger partial charge in [-0.05, 0) is 50.7 Å². The van der Waals surface area contributed by atoms with Gasteiger partial charge in [0.1, 0.15) is 5.82 Å². The van der Waals surface area contributed by atoms with Crippen LogP contribution in [0.3, 0.4) is 0 Å². The van der Waals surface area contributed by atoms with Crippen LogP contribution in [0.2, 0.25) is 0 Å². The van der Waals surface area contributed by atoms with Gasteiger partial charge in [0.15, 0.2) is 0 Å². The van der Waals surface area contributed by atoms with Gasteiger partial charge in [-0.25, -0.2) is 13.2 Å². The van der Waals surface area contributed by atoms with Crippen LogP contribution in [-0.2, 0) is 0 Å². The highest BCUT2D eigenvalue weighted by molar-refractivity contribution is 14.1. The molecule has 0 aliphatic rings. The zero-order valence-corrected chi connectivity index (χ0v) is 9.37. The first-order valence-corrected chi connectivity index (χ1v) is 4.82. The fourth-order valence-corrected chi connectivity index (χ4v) is 1.73. The van der Waals surface area contributed by atoms with Gasteiger partial charge in [0, 0.05) is 13.6 Å². The van der Waals surface area contributed by atoms with Crippen molar-refractivity contribution in [3.8, 4) is 0 Å². The van der Waals surface area contributed by atoms with Crippen LogP contribution in [0.1, 0.15) is 12.0 Å². The third kappa shape index (κ3) is 2.12. The molecule has 0 spiro atoms. The van der Waals surface area contributed by atoms with Gasteiger partial charge >= 0.3 is 0 Å². The summed E-state index contributed by atoms with van der Waals surface area (Å²) < 4.78 is 37.7. The molecule has 0 N–H and O–H groups in total. The lowest BCUT2D eigenvalue weighted by Crippen LogP contribution is -1.92. The normalized spacial score (nSPS) is 10.8. The van der Waals surface area contributed by atoms with Crippen molar-refractivity contribution < 1.29 is 13.2 Å². The lowest BCUT2D eigenvalue weighted by atomic mass is 10.2. The highest BCUT2D eigenvalue weighted by Crippen LogP contribution is 2.30. The summed E-state index contributed by atoms with van der Waals surface area (Å²) in [7, 11) is 0. The van der Waals surface area contributed by atoms with Gasteiger partial charge in [-0.1, -0.05) is 0 Å². The number of rotatable bonds is 1. The van der Waals surface area contributed by atoms with Gasteiger partial charge in [-0.3, -0.25) is 0 Å². The monoisotopic (exact) mass is 350 g/mol. The molecule has 1 rings (SSSR count). The van der Waals surface area contributed by atoms with Crippen LogP contribution in [0.25, 0.3) is 0 Å². The molecule has 0 bridgehead atoms. The summed E-state index contributed by atoms with van der Waals surface area (Å²) in [5.41, 5.74) is -0.275. The summed E-state index contributed by atoms with van der Waals surface area (Å²) in [5.74, 6) is -0.655. The van der Waals surface area contributed by atoms with Crippen molar-refractivity contribution in [2.75, 3.05) is 0 Å². The zero-order chi connectivity index (χ0) is 9.30. The fraction of sp³-hybridized carbons (Fsp3) is 0.143. The highest BCUT2D eigenvalue weighted by atomic mass is 127. The van der Waals surface area contributed by atoms with E-state index in [1.165, 1.54) is 0 Å². The maximum atomic E-state index is 12.6. The zero-order valence-electron chi connectivity index (χ0n) is 5.62. The molecule has 0 saturated heterocycles. The quantitative estimate of drug-likeness (QED) is 0.527. The Labute approximate surface area is 89.4 Å². The largest absolute Gasteiger partial charge is 0.265 e. The number of benzene rings is 1. The highest BCUT2D eigenvalue weighted by Gasteiger charge is 2.14. The SMILES string of the molecule is Fc1cc(Br)c(I)c(C(F)F)c1. The maximum absolute atomic E-state index is 12.6. The van der Waals surface area contributed by atoms with Crippen molar-refractivity contribution in [2.24, 2.45) is 0 Å². The average Bonchev–Trinajstić information content (AvgIpc) is 1.96. The van der Waals surface area contributed by atoms with Gasteiger partial charge in [-0.2, -0.15) is 0 Å². The predicted octanol–water partition coefficient (Wildman–Crippen LogP) is 4.13.